The van der Waals surface area contributed by atoms with E-state index in [2.05, 4.69) is 10.4 Å². The number of ether oxygens (including phenoxy) is 1. The Morgan fingerprint density at radius 2 is 2.19 bits per heavy atom. The Hall–Kier alpha value is -1.57. The Morgan fingerprint density at radius 3 is 2.62 bits per heavy atom. The molecular weight excluding hydrogens is 287 g/mol. The number of alkyl halides is 3. The summed E-state index contributed by atoms with van der Waals surface area (Å²) in [5.41, 5.74) is -1.99. The molecular formula is C13H18F3N3O2. The van der Waals surface area contributed by atoms with Crippen molar-refractivity contribution in [3.05, 3.63) is 18.0 Å². The Bertz CT molecular complexity index is 511. The predicted octanol–water partition coefficient (Wildman–Crippen LogP) is 1.83. The Labute approximate surface area is 120 Å². The first-order valence-electron chi connectivity index (χ1n) is 6.80. The van der Waals surface area contributed by atoms with Crippen LogP contribution in [-0.2, 0) is 22.3 Å². The number of halogens is 3. The molecule has 1 atom stereocenters. The zero-order chi connectivity index (χ0) is 15.7. The van der Waals surface area contributed by atoms with Crippen LogP contribution in [0, 0.1) is 5.92 Å². The van der Waals surface area contributed by atoms with Crippen molar-refractivity contribution < 1.29 is 22.7 Å². The highest BCUT2D eigenvalue weighted by molar-refractivity contribution is 5.81. The first-order chi connectivity index (χ1) is 9.83. The molecule has 2 rings (SSSR count). The number of nitrogens with one attached hydrogen (secondary N) is 1. The Kier molecular flexibility index (Phi) is 4.27. The third kappa shape index (κ3) is 3.20. The van der Waals surface area contributed by atoms with Gasteiger partial charge in [0.25, 0.3) is 0 Å². The standard InChI is InChI=1S/C13H18F3N3O2/c1-3-21-11(20)12(17-2,9-4-5-9)8-19-7-6-10(18-19)13(14,15)16/h6-7,9,17H,3-5,8H2,1-2H3. The molecule has 1 aliphatic carbocycles. The summed E-state index contributed by atoms with van der Waals surface area (Å²) >= 11 is 0. The van der Waals surface area contributed by atoms with Gasteiger partial charge < -0.3 is 10.1 Å². The largest absolute Gasteiger partial charge is 0.465 e. The predicted molar refractivity (Wildman–Crippen MR) is 68.4 cm³/mol. The summed E-state index contributed by atoms with van der Waals surface area (Å²) in [6.07, 6.45) is -1.58. The van der Waals surface area contributed by atoms with Gasteiger partial charge in [-0.3, -0.25) is 4.68 Å². The number of carbonyl (C=O) groups is 1. The van der Waals surface area contributed by atoms with Crippen LogP contribution in [0.25, 0.3) is 0 Å². The second-order valence-electron chi connectivity index (χ2n) is 5.11. The SMILES string of the molecule is CCOC(=O)C(Cn1ccc(C(F)(F)F)n1)(NC)C1CC1. The normalized spacial score (nSPS) is 18.3. The second kappa shape index (κ2) is 5.67. The van der Waals surface area contributed by atoms with Crippen LogP contribution in [0.15, 0.2) is 12.3 Å². The third-order valence-electron chi connectivity index (χ3n) is 3.70. The highest BCUT2D eigenvalue weighted by Crippen LogP contribution is 2.41. The van der Waals surface area contributed by atoms with E-state index in [1.54, 1.807) is 14.0 Å². The monoisotopic (exact) mass is 305 g/mol. The van der Waals surface area contributed by atoms with Crippen LogP contribution in [0.1, 0.15) is 25.5 Å². The molecule has 0 saturated heterocycles. The fourth-order valence-corrected chi connectivity index (χ4v) is 2.44. The molecule has 0 radical (unpaired) electrons. The maximum Gasteiger partial charge on any atom is 0.435 e. The summed E-state index contributed by atoms with van der Waals surface area (Å²) in [6.45, 7) is 1.94. The first-order valence-corrected chi connectivity index (χ1v) is 6.80. The van der Waals surface area contributed by atoms with E-state index in [4.69, 9.17) is 4.74 Å². The molecule has 21 heavy (non-hydrogen) atoms. The first kappa shape index (κ1) is 15.8. The zero-order valence-electron chi connectivity index (χ0n) is 11.9. The van der Waals surface area contributed by atoms with E-state index < -0.39 is 23.4 Å². The van der Waals surface area contributed by atoms with E-state index in [0.717, 1.165) is 23.6 Å². The van der Waals surface area contributed by atoms with Crippen LogP contribution in [0.3, 0.4) is 0 Å². The fraction of sp³-hybridized carbons (Fsp3) is 0.692. The van der Waals surface area contributed by atoms with E-state index >= 15 is 0 Å². The van der Waals surface area contributed by atoms with E-state index in [-0.39, 0.29) is 19.1 Å². The lowest BCUT2D eigenvalue weighted by molar-refractivity contribution is -0.153. The van der Waals surface area contributed by atoms with Crippen LogP contribution >= 0.6 is 0 Å². The number of hydrogen-bond donors (Lipinski definition) is 1. The quantitative estimate of drug-likeness (QED) is 0.815. The van der Waals surface area contributed by atoms with Gasteiger partial charge in [-0.15, -0.1) is 0 Å². The number of rotatable bonds is 6. The smallest absolute Gasteiger partial charge is 0.435 e. The lowest BCUT2D eigenvalue weighted by atomic mass is 9.93. The lowest BCUT2D eigenvalue weighted by Gasteiger charge is -2.31. The number of carbonyl (C=O) groups excluding carboxylic acids is 1. The zero-order valence-corrected chi connectivity index (χ0v) is 11.9. The van der Waals surface area contributed by atoms with Gasteiger partial charge in [0.1, 0.15) is 5.54 Å². The minimum absolute atomic E-state index is 0.0169. The van der Waals surface area contributed by atoms with Gasteiger partial charge in [0.2, 0.25) is 0 Å². The van der Waals surface area contributed by atoms with Crippen molar-refractivity contribution in [2.75, 3.05) is 13.7 Å². The topological polar surface area (TPSA) is 56.2 Å². The molecule has 0 aliphatic heterocycles. The summed E-state index contributed by atoms with van der Waals surface area (Å²) < 4.78 is 44.0. The molecule has 1 aliphatic rings. The molecule has 1 aromatic heterocycles. The maximum absolute atomic E-state index is 12.6. The van der Waals surface area contributed by atoms with Crippen LogP contribution in [-0.4, -0.2) is 34.9 Å². The van der Waals surface area contributed by atoms with Crippen LogP contribution in [0.5, 0.6) is 0 Å². The molecule has 0 amide bonds. The lowest BCUT2D eigenvalue weighted by Crippen LogP contribution is -2.56. The number of esters is 1. The second-order valence-corrected chi connectivity index (χ2v) is 5.11. The maximum atomic E-state index is 12.6. The van der Waals surface area contributed by atoms with Crippen molar-refractivity contribution in [3.63, 3.8) is 0 Å². The molecule has 118 valence electrons. The van der Waals surface area contributed by atoms with E-state index in [0.29, 0.717) is 0 Å². The Balaban J connectivity index is 2.23. The number of likely N-dealkylation sites (N-methyl/N-ethyl adjacent to an activating group) is 1. The van der Waals surface area contributed by atoms with Crippen LogP contribution in [0.4, 0.5) is 13.2 Å². The average molecular weight is 305 g/mol. The molecule has 1 fully saturated rings. The van der Waals surface area contributed by atoms with Crippen molar-refractivity contribution in [1.29, 1.82) is 0 Å². The summed E-state index contributed by atoms with van der Waals surface area (Å²) in [6, 6.07) is 0.901. The molecule has 0 aromatic carbocycles. The summed E-state index contributed by atoms with van der Waals surface area (Å²) in [7, 11) is 1.61. The van der Waals surface area contributed by atoms with Gasteiger partial charge in [-0.1, -0.05) is 0 Å². The average Bonchev–Trinajstić information content (AvgIpc) is 3.14. The molecule has 5 nitrogen and oxygen atoms in total. The van der Waals surface area contributed by atoms with Crippen LogP contribution < -0.4 is 5.32 Å². The molecule has 1 unspecified atom stereocenters. The van der Waals surface area contributed by atoms with Crippen molar-refractivity contribution in [2.24, 2.45) is 5.92 Å². The van der Waals surface area contributed by atoms with E-state index in [1.165, 1.54) is 6.20 Å². The van der Waals surface area contributed by atoms with E-state index in [9.17, 15) is 18.0 Å². The fourth-order valence-electron chi connectivity index (χ4n) is 2.44. The third-order valence-corrected chi connectivity index (χ3v) is 3.70. The van der Waals surface area contributed by atoms with Crippen LogP contribution in [0.2, 0.25) is 0 Å². The number of aromatic nitrogens is 2. The molecule has 8 heteroatoms. The van der Waals surface area contributed by atoms with Gasteiger partial charge in [-0.25, -0.2) is 4.79 Å². The van der Waals surface area contributed by atoms with Gasteiger partial charge in [0, 0.05) is 6.20 Å². The van der Waals surface area contributed by atoms with Gasteiger partial charge in [0.15, 0.2) is 5.69 Å². The Morgan fingerprint density at radius 1 is 1.52 bits per heavy atom. The molecule has 0 spiro atoms. The molecule has 0 bridgehead atoms. The van der Waals surface area contributed by atoms with Gasteiger partial charge >= 0.3 is 12.1 Å². The minimum Gasteiger partial charge on any atom is -0.465 e. The van der Waals surface area contributed by atoms with E-state index in [1.807, 2.05) is 0 Å². The minimum atomic E-state index is -4.49. The summed E-state index contributed by atoms with van der Waals surface area (Å²) in [4.78, 5) is 12.2. The van der Waals surface area contributed by atoms with Gasteiger partial charge in [0.05, 0.1) is 13.2 Å². The number of hydrogen-bond acceptors (Lipinski definition) is 4. The molecule has 1 saturated carbocycles. The number of nitrogens with zero attached hydrogens (tertiary/aromatic N) is 2. The summed E-state index contributed by atoms with van der Waals surface area (Å²) in [5, 5.41) is 6.45. The molecule has 1 N–H and O–H groups in total. The van der Waals surface area contributed by atoms with Crippen molar-refractivity contribution in [3.8, 4) is 0 Å². The van der Waals surface area contributed by atoms with Crippen molar-refractivity contribution in [1.82, 2.24) is 15.1 Å². The van der Waals surface area contributed by atoms with Crippen molar-refractivity contribution >= 4 is 5.97 Å². The van der Waals surface area contributed by atoms with Crippen molar-refractivity contribution in [2.45, 2.75) is 38.0 Å². The summed E-state index contributed by atoms with van der Waals surface area (Å²) in [5.74, 6) is -0.390. The molecule has 1 heterocycles. The van der Waals surface area contributed by atoms with Gasteiger partial charge in [-0.2, -0.15) is 18.3 Å². The highest BCUT2D eigenvalue weighted by atomic mass is 19.4. The highest BCUT2D eigenvalue weighted by Gasteiger charge is 2.51. The molecule has 1 aromatic rings. The van der Waals surface area contributed by atoms with Gasteiger partial charge in [-0.05, 0) is 38.8 Å².